The van der Waals surface area contributed by atoms with Crippen LogP contribution in [0.5, 0.6) is 5.75 Å². The Kier molecular flexibility index (Phi) is 5.87. The van der Waals surface area contributed by atoms with Crippen molar-refractivity contribution in [1.82, 2.24) is 0 Å². The number of ether oxygens (including phenoxy) is 1. The van der Waals surface area contributed by atoms with Crippen molar-refractivity contribution < 1.29 is 9.53 Å². The van der Waals surface area contributed by atoms with Gasteiger partial charge in [-0.1, -0.05) is 61.0 Å². The molecule has 0 aliphatic carbocycles. The summed E-state index contributed by atoms with van der Waals surface area (Å²) in [7, 11) is 1.68. The van der Waals surface area contributed by atoms with Gasteiger partial charge in [-0.15, -0.1) is 0 Å². The molecule has 3 nitrogen and oxygen atoms in total. The van der Waals surface area contributed by atoms with E-state index in [-0.39, 0.29) is 16.9 Å². The number of benzene rings is 3. The smallest absolute Gasteiger partial charge is 0.251 e. The Bertz CT molecular complexity index is 1150. The molecule has 0 saturated carbocycles. The third-order valence-corrected chi connectivity index (χ3v) is 6.62. The topological polar surface area (TPSA) is 29.5 Å². The lowest BCUT2D eigenvalue weighted by Crippen LogP contribution is -2.55. The number of nitrogens with zero attached hydrogens (tertiary/aromatic N) is 1. The maximum absolute atomic E-state index is 13.4. The van der Waals surface area contributed by atoms with Crippen LogP contribution in [0.4, 0.5) is 5.69 Å². The lowest BCUT2D eigenvalue weighted by molar-refractivity contribution is -0.115. The first kappa shape index (κ1) is 22.2. The fourth-order valence-corrected chi connectivity index (χ4v) is 5.08. The van der Waals surface area contributed by atoms with Crippen LogP contribution in [0, 0.1) is 0 Å². The molecule has 4 heteroatoms. The number of halogens is 1. The highest BCUT2D eigenvalue weighted by Crippen LogP contribution is 2.50. The van der Waals surface area contributed by atoms with Crippen LogP contribution in [0.25, 0.3) is 6.08 Å². The first-order valence-corrected chi connectivity index (χ1v) is 11.1. The lowest BCUT2D eigenvalue weighted by atomic mass is 9.65. The van der Waals surface area contributed by atoms with Gasteiger partial charge in [-0.2, -0.15) is 0 Å². The van der Waals surface area contributed by atoms with E-state index in [2.05, 4.69) is 39.0 Å². The summed E-state index contributed by atoms with van der Waals surface area (Å²) in [5, 5.41) is 0.678. The van der Waals surface area contributed by atoms with Crippen molar-refractivity contribution >= 4 is 29.3 Å². The average Bonchev–Trinajstić information content (AvgIpc) is 2.78. The van der Waals surface area contributed by atoms with Crippen LogP contribution < -0.4 is 9.64 Å². The maximum atomic E-state index is 13.4. The molecule has 0 saturated heterocycles. The number of fused-ring (bicyclic) bond motifs is 1. The molecule has 164 valence electrons. The van der Waals surface area contributed by atoms with E-state index < -0.39 is 0 Å². The number of rotatable bonds is 4. The van der Waals surface area contributed by atoms with E-state index in [4.69, 9.17) is 16.3 Å². The predicted molar refractivity (Wildman–Crippen MR) is 133 cm³/mol. The van der Waals surface area contributed by atoms with Gasteiger partial charge in [0.05, 0.1) is 7.11 Å². The quantitative estimate of drug-likeness (QED) is 0.409. The molecule has 32 heavy (non-hydrogen) atoms. The zero-order valence-electron chi connectivity index (χ0n) is 18.9. The number of para-hydroxylation sites is 1. The van der Waals surface area contributed by atoms with E-state index in [0.29, 0.717) is 5.02 Å². The van der Waals surface area contributed by atoms with Crippen molar-refractivity contribution in [3.8, 4) is 5.75 Å². The van der Waals surface area contributed by atoms with Gasteiger partial charge in [-0.3, -0.25) is 4.79 Å². The standard InChI is InChI=1S/C28H28ClNO2/c1-27(2)19-28(3,21-12-16-23(32-4)17-13-21)24-7-5-6-8-25(24)30(27)26(31)18-11-20-9-14-22(29)15-10-20/h5-18H,19H2,1-4H3. The van der Waals surface area contributed by atoms with Gasteiger partial charge in [0.15, 0.2) is 0 Å². The highest BCUT2D eigenvalue weighted by Gasteiger charge is 2.47. The van der Waals surface area contributed by atoms with Gasteiger partial charge in [0.2, 0.25) is 0 Å². The van der Waals surface area contributed by atoms with Crippen molar-refractivity contribution in [2.75, 3.05) is 12.0 Å². The minimum absolute atomic E-state index is 0.0332. The first-order valence-electron chi connectivity index (χ1n) is 10.8. The Morgan fingerprint density at radius 2 is 1.62 bits per heavy atom. The molecule has 1 aliphatic rings. The molecule has 0 fully saturated rings. The summed E-state index contributed by atoms with van der Waals surface area (Å²) in [6.07, 6.45) is 4.29. The van der Waals surface area contributed by atoms with Gasteiger partial charge in [0, 0.05) is 27.7 Å². The Morgan fingerprint density at radius 1 is 0.969 bits per heavy atom. The normalized spacial score (nSPS) is 19.6. The highest BCUT2D eigenvalue weighted by molar-refractivity contribution is 6.30. The molecule has 1 amide bonds. The predicted octanol–water partition coefficient (Wildman–Crippen LogP) is 6.88. The summed E-state index contributed by atoms with van der Waals surface area (Å²) < 4.78 is 5.35. The number of anilines is 1. The second kappa shape index (κ2) is 8.48. The third-order valence-electron chi connectivity index (χ3n) is 6.37. The molecule has 1 unspecified atom stereocenters. The monoisotopic (exact) mass is 445 g/mol. The summed E-state index contributed by atoms with van der Waals surface area (Å²) in [4.78, 5) is 15.4. The fraction of sp³-hybridized carbons (Fsp3) is 0.250. The molecule has 3 aromatic carbocycles. The Balaban J connectivity index is 1.74. The van der Waals surface area contributed by atoms with E-state index in [0.717, 1.165) is 29.0 Å². The largest absolute Gasteiger partial charge is 0.497 e. The second-order valence-electron chi connectivity index (χ2n) is 9.13. The fourth-order valence-electron chi connectivity index (χ4n) is 4.95. The molecule has 0 radical (unpaired) electrons. The van der Waals surface area contributed by atoms with Gasteiger partial charge >= 0.3 is 0 Å². The number of methoxy groups -OCH3 is 1. The van der Waals surface area contributed by atoms with E-state index >= 15 is 0 Å². The van der Waals surface area contributed by atoms with Crippen LogP contribution in [-0.2, 0) is 10.2 Å². The van der Waals surface area contributed by atoms with E-state index in [1.165, 1.54) is 5.56 Å². The van der Waals surface area contributed by atoms with Crippen LogP contribution in [0.1, 0.15) is 43.9 Å². The summed E-state index contributed by atoms with van der Waals surface area (Å²) >= 11 is 5.98. The summed E-state index contributed by atoms with van der Waals surface area (Å²) in [6.45, 7) is 6.54. The summed E-state index contributed by atoms with van der Waals surface area (Å²) in [6, 6.07) is 24.0. The van der Waals surface area contributed by atoms with E-state index in [1.807, 2.05) is 65.6 Å². The molecular weight excluding hydrogens is 418 g/mol. The van der Waals surface area contributed by atoms with E-state index in [1.54, 1.807) is 13.2 Å². The number of hydrogen-bond acceptors (Lipinski definition) is 2. The molecule has 0 N–H and O–H groups in total. The van der Waals surface area contributed by atoms with Crippen LogP contribution in [-0.4, -0.2) is 18.6 Å². The number of carbonyl (C=O) groups is 1. The zero-order chi connectivity index (χ0) is 22.9. The second-order valence-corrected chi connectivity index (χ2v) is 9.56. The third kappa shape index (κ3) is 4.05. The molecule has 0 bridgehead atoms. The summed E-state index contributed by atoms with van der Waals surface area (Å²) in [5.41, 5.74) is 3.63. The molecule has 3 aromatic rings. The molecule has 0 spiro atoms. The van der Waals surface area contributed by atoms with Crippen LogP contribution in [0.3, 0.4) is 0 Å². The average molecular weight is 446 g/mol. The minimum Gasteiger partial charge on any atom is -0.497 e. The number of hydrogen-bond donors (Lipinski definition) is 0. The molecule has 4 rings (SSSR count). The highest BCUT2D eigenvalue weighted by atomic mass is 35.5. The first-order chi connectivity index (χ1) is 15.2. The van der Waals surface area contributed by atoms with Crippen LogP contribution in [0.2, 0.25) is 5.02 Å². The maximum Gasteiger partial charge on any atom is 0.251 e. The zero-order valence-corrected chi connectivity index (χ0v) is 19.7. The van der Waals surface area contributed by atoms with Gasteiger partial charge in [-0.25, -0.2) is 0 Å². The van der Waals surface area contributed by atoms with Gasteiger partial charge in [-0.05, 0) is 73.4 Å². The Morgan fingerprint density at radius 3 is 2.28 bits per heavy atom. The Labute approximate surface area is 195 Å². The number of amides is 1. The SMILES string of the molecule is COc1ccc(C2(C)CC(C)(C)N(C(=O)C=Cc3ccc(Cl)cc3)c3ccccc32)cc1. The Hall–Kier alpha value is -3.04. The van der Waals surface area contributed by atoms with E-state index in [9.17, 15) is 4.79 Å². The van der Waals surface area contributed by atoms with Crippen molar-refractivity contribution in [2.45, 2.75) is 38.1 Å². The van der Waals surface area contributed by atoms with Crippen molar-refractivity contribution in [2.24, 2.45) is 0 Å². The van der Waals surface area contributed by atoms with Crippen molar-refractivity contribution in [1.29, 1.82) is 0 Å². The molecule has 1 atom stereocenters. The molecular formula is C28H28ClNO2. The number of carbonyl (C=O) groups excluding carboxylic acids is 1. The van der Waals surface area contributed by atoms with Gasteiger partial charge in [0.25, 0.3) is 5.91 Å². The summed E-state index contributed by atoms with van der Waals surface area (Å²) in [5.74, 6) is 0.805. The molecule has 1 heterocycles. The van der Waals surface area contributed by atoms with Crippen LogP contribution in [0.15, 0.2) is 78.9 Å². The van der Waals surface area contributed by atoms with Crippen molar-refractivity contribution in [3.05, 3.63) is 101 Å². The molecule has 1 aliphatic heterocycles. The van der Waals surface area contributed by atoms with Crippen molar-refractivity contribution in [3.63, 3.8) is 0 Å². The van der Waals surface area contributed by atoms with Gasteiger partial charge < -0.3 is 9.64 Å². The molecule has 0 aromatic heterocycles. The van der Waals surface area contributed by atoms with Crippen LogP contribution >= 0.6 is 11.6 Å². The lowest BCUT2D eigenvalue weighted by Gasteiger charge is -2.51. The minimum atomic E-state index is -0.384. The van der Waals surface area contributed by atoms with Gasteiger partial charge in [0.1, 0.15) is 5.75 Å².